The summed E-state index contributed by atoms with van der Waals surface area (Å²) >= 11 is 6.59. The Morgan fingerprint density at radius 2 is 2.06 bits per heavy atom. The van der Waals surface area contributed by atoms with Crippen LogP contribution in [0.15, 0.2) is 0 Å². The van der Waals surface area contributed by atoms with Crippen molar-refractivity contribution in [2.24, 2.45) is 0 Å². The van der Waals surface area contributed by atoms with Gasteiger partial charge in [-0.15, -0.1) is 5.10 Å². The van der Waals surface area contributed by atoms with Crippen molar-refractivity contribution in [3.63, 3.8) is 0 Å². The largest absolute Gasteiger partial charge is 0.368 e. The zero-order chi connectivity index (χ0) is 11.5. The van der Waals surface area contributed by atoms with Crippen molar-refractivity contribution in [2.75, 3.05) is 30.0 Å². The summed E-state index contributed by atoms with van der Waals surface area (Å²) in [6.45, 7) is 2.02. The van der Waals surface area contributed by atoms with E-state index in [4.69, 9.17) is 18.0 Å². The van der Waals surface area contributed by atoms with Crippen molar-refractivity contribution in [1.29, 1.82) is 0 Å². The van der Waals surface area contributed by atoms with E-state index in [9.17, 15) is 0 Å². The van der Waals surface area contributed by atoms with Gasteiger partial charge in [0, 0.05) is 13.1 Å². The summed E-state index contributed by atoms with van der Waals surface area (Å²) in [6, 6.07) is 0. The van der Waals surface area contributed by atoms with Crippen LogP contribution in [0.25, 0.3) is 0 Å². The molecule has 16 heavy (non-hydrogen) atoms. The Bertz CT molecular complexity index is 383. The number of hydrogen-bond acceptors (Lipinski definition) is 6. The lowest BCUT2D eigenvalue weighted by molar-refractivity contribution is 0.568. The van der Waals surface area contributed by atoms with Gasteiger partial charge in [-0.3, -0.25) is 0 Å². The zero-order valence-electron chi connectivity index (χ0n) is 9.22. The summed E-state index contributed by atoms with van der Waals surface area (Å²) in [5, 5.41) is 4.35. The predicted molar refractivity (Wildman–Crippen MR) is 72.0 cm³/mol. The highest BCUT2D eigenvalue weighted by Crippen LogP contribution is 2.18. The SMILES string of the molecule is CSC(=S)n1nc(N2CCCCC2)nc1N. The summed E-state index contributed by atoms with van der Waals surface area (Å²) in [5.41, 5.74) is 5.79. The highest BCUT2D eigenvalue weighted by molar-refractivity contribution is 8.22. The van der Waals surface area contributed by atoms with E-state index in [1.165, 1.54) is 35.7 Å². The molecule has 1 fully saturated rings. The summed E-state index contributed by atoms with van der Waals surface area (Å²) in [5.74, 6) is 1.08. The van der Waals surface area contributed by atoms with Crippen LogP contribution in [0.3, 0.4) is 0 Å². The number of nitrogens with two attached hydrogens (primary N) is 1. The summed E-state index contributed by atoms with van der Waals surface area (Å²) in [4.78, 5) is 6.42. The van der Waals surface area contributed by atoms with Crippen LogP contribution >= 0.6 is 24.0 Å². The van der Waals surface area contributed by atoms with Gasteiger partial charge in [0.15, 0.2) is 4.32 Å². The topological polar surface area (TPSA) is 60.0 Å². The van der Waals surface area contributed by atoms with E-state index in [0.717, 1.165) is 13.1 Å². The molecule has 1 aliphatic rings. The van der Waals surface area contributed by atoms with E-state index in [2.05, 4.69) is 15.0 Å². The van der Waals surface area contributed by atoms with Gasteiger partial charge in [0.25, 0.3) is 0 Å². The van der Waals surface area contributed by atoms with Crippen molar-refractivity contribution in [3.05, 3.63) is 0 Å². The molecule has 88 valence electrons. The van der Waals surface area contributed by atoms with Crippen LogP contribution in [-0.2, 0) is 0 Å². The highest BCUT2D eigenvalue weighted by Gasteiger charge is 2.17. The van der Waals surface area contributed by atoms with Gasteiger partial charge in [0.1, 0.15) is 0 Å². The maximum absolute atomic E-state index is 5.79. The van der Waals surface area contributed by atoms with Gasteiger partial charge in [-0.05, 0) is 25.5 Å². The van der Waals surface area contributed by atoms with E-state index in [0.29, 0.717) is 16.2 Å². The van der Waals surface area contributed by atoms with Gasteiger partial charge in [-0.25, -0.2) is 0 Å². The number of hydrogen-bond donors (Lipinski definition) is 1. The molecule has 2 rings (SSSR count). The molecular formula is C9H15N5S2. The number of nitrogen functional groups attached to an aromatic ring is 1. The van der Waals surface area contributed by atoms with Crippen LogP contribution in [-0.4, -0.2) is 38.4 Å². The Kier molecular flexibility index (Phi) is 3.65. The molecule has 0 unspecified atom stereocenters. The molecule has 0 radical (unpaired) electrons. The molecule has 0 saturated carbocycles. The Hall–Kier alpha value is -0.820. The average Bonchev–Trinajstić information content (AvgIpc) is 2.71. The minimum absolute atomic E-state index is 0.375. The first-order valence-corrected chi connectivity index (χ1v) is 6.91. The minimum Gasteiger partial charge on any atom is -0.368 e. The van der Waals surface area contributed by atoms with Gasteiger partial charge in [0.05, 0.1) is 0 Å². The van der Waals surface area contributed by atoms with Crippen LogP contribution in [0.1, 0.15) is 19.3 Å². The minimum atomic E-state index is 0.375. The second kappa shape index (κ2) is 5.01. The molecule has 0 spiro atoms. The Morgan fingerprint density at radius 1 is 1.38 bits per heavy atom. The van der Waals surface area contributed by atoms with E-state index in [-0.39, 0.29) is 0 Å². The number of anilines is 2. The first-order chi connectivity index (χ1) is 7.72. The maximum Gasteiger partial charge on any atom is 0.247 e. The number of piperidine rings is 1. The second-order valence-electron chi connectivity index (χ2n) is 3.70. The number of rotatable bonds is 1. The number of nitrogens with zero attached hydrogens (tertiary/aromatic N) is 4. The molecule has 0 atom stereocenters. The standard InChI is InChI=1S/C9H15N5S2/c1-16-9(15)14-7(10)11-8(12-14)13-5-3-2-4-6-13/h2-6H2,1H3,(H2,10,11,12). The lowest BCUT2D eigenvalue weighted by Gasteiger charge is -2.24. The van der Waals surface area contributed by atoms with Gasteiger partial charge in [-0.2, -0.15) is 9.67 Å². The first-order valence-electron chi connectivity index (χ1n) is 5.28. The quantitative estimate of drug-likeness (QED) is 0.766. The normalized spacial score (nSPS) is 16.4. The summed E-state index contributed by atoms with van der Waals surface area (Å²) < 4.78 is 2.16. The molecule has 0 amide bonds. The highest BCUT2D eigenvalue weighted by atomic mass is 32.2. The smallest absolute Gasteiger partial charge is 0.247 e. The van der Waals surface area contributed by atoms with Crippen molar-refractivity contribution in [3.8, 4) is 0 Å². The van der Waals surface area contributed by atoms with Crippen LogP contribution in [0.2, 0.25) is 0 Å². The Labute approximate surface area is 104 Å². The third kappa shape index (κ3) is 2.30. The first kappa shape index (κ1) is 11.7. The molecule has 7 heteroatoms. The monoisotopic (exact) mass is 257 g/mol. The Balaban J connectivity index is 2.19. The van der Waals surface area contributed by atoms with E-state index < -0.39 is 0 Å². The fraction of sp³-hybridized carbons (Fsp3) is 0.667. The van der Waals surface area contributed by atoms with Crippen molar-refractivity contribution < 1.29 is 0 Å². The maximum atomic E-state index is 5.79. The fourth-order valence-electron chi connectivity index (χ4n) is 1.76. The molecule has 5 nitrogen and oxygen atoms in total. The lowest BCUT2D eigenvalue weighted by atomic mass is 10.1. The summed E-state index contributed by atoms with van der Waals surface area (Å²) in [7, 11) is 0. The fourth-order valence-corrected chi connectivity index (χ4v) is 2.20. The molecule has 1 aromatic rings. The molecule has 0 aliphatic carbocycles. The molecular weight excluding hydrogens is 242 g/mol. The second-order valence-corrected chi connectivity index (χ2v) is 5.14. The van der Waals surface area contributed by atoms with E-state index in [1.54, 1.807) is 0 Å². The molecule has 1 saturated heterocycles. The van der Waals surface area contributed by atoms with Crippen LogP contribution in [0.5, 0.6) is 0 Å². The van der Waals surface area contributed by atoms with Crippen molar-refractivity contribution >= 4 is 40.2 Å². The third-order valence-corrected chi connectivity index (χ3v) is 3.80. The van der Waals surface area contributed by atoms with Crippen LogP contribution in [0.4, 0.5) is 11.9 Å². The molecule has 2 heterocycles. The zero-order valence-corrected chi connectivity index (χ0v) is 10.9. The average molecular weight is 257 g/mol. The molecule has 1 aromatic heterocycles. The molecule has 2 N–H and O–H groups in total. The molecule has 0 bridgehead atoms. The van der Waals surface area contributed by atoms with E-state index >= 15 is 0 Å². The van der Waals surface area contributed by atoms with Crippen LogP contribution in [0, 0.1) is 0 Å². The summed E-state index contributed by atoms with van der Waals surface area (Å²) in [6.07, 6.45) is 5.59. The van der Waals surface area contributed by atoms with Gasteiger partial charge in [-0.1, -0.05) is 24.0 Å². The van der Waals surface area contributed by atoms with Crippen LogP contribution < -0.4 is 10.6 Å². The van der Waals surface area contributed by atoms with Crippen molar-refractivity contribution in [2.45, 2.75) is 19.3 Å². The number of thioether (sulfide) groups is 1. The van der Waals surface area contributed by atoms with Gasteiger partial charge < -0.3 is 10.6 Å². The molecule has 1 aliphatic heterocycles. The van der Waals surface area contributed by atoms with E-state index in [1.807, 2.05) is 6.26 Å². The molecule has 0 aromatic carbocycles. The number of thiocarbonyl (C=S) groups is 1. The lowest BCUT2D eigenvalue weighted by Crippen LogP contribution is -2.30. The predicted octanol–water partition coefficient (Wildman–Crippen LogP) is 1.35. The Morgan fingerprint density at radius 3 is 2.69 bits per heavy atom. The van der Waals surface area contributed by atoms with Gasteiger partial charge >= 0.3 is 0 Å². The third-order valence-electron chi connectivity index (χ3n) is 2.61. The van der Waals surface area contributed by atoms with Gasteiger partial charge in [0.2, 0.25) is 11.9 Å². The number of aromatic nitrogens is 3. The van der Waals surface area contributed by atoms with Crippen molar-refractivity contribution in [1.82, 2.24) is 14.8 Å².